The van der Waals surface area contributed by atoms with Gasteiger partial charge in [0.15, 0.2) is 5.96 Å². The normalized spacial score (nSPS) is 17.8. The van der Waals surface area contributed by atoms with Gasteiger partial charge in [0.2, 0.25) is 0 Å². The highest BCUT2D eigenvalue weighted by atomic mass is 127. The van der Waals surface area contributed by atoms with E-state index >= 15 is 0 Å². The second kappa shape index (κ2) is 12.5. The zero-order valence-electron chi connectivity index (χ0n) is 20.0. The number of benzene rings is 2. The Bertz CT molecular complexity index is 944. The number of aliphatic imine (C=N–C) groups is 1. The van der Waals surface area contributed by atoms with E-state index in [9.17, 15) is 0 Å². The van der Waals surface area contributed by atoms with Crippen molar-refractivity contribution in [1.29, 1.82) is 0 Å². The number of anilines is 1. The molecule has 0 aromatic heterocycles. The predicted octanol–water partition coefficient (Wildman–Crippen LogP) is 4.28. The molecule has 33 heavy (non-hydrogen) atoms. The largest absolute Gasteiger partial charge is 0.493 e. The number of nitrogens with zero attached hydrogens (tertiary/aromatic N) is 2. The lowest BCUT2D eigenvalue weighted by molar-refractivity contribution is 0.166. The van der Waals surface area contributed by atoms with E-state index < -0.39 is 0 Å². The molecule has 0 radical (unpaired) electrons. The van der Waals surface area contributed by atoms with Gasteiger partial charge in [-0.1, -0.05) is 24.3 Å². The number of rotatable bonds is 7. The van der Waals surface area contributed by atoms with Crippen LogP contribution in [0.2, 0.25) is 0 Å². The maximum Gasteiger partial charge on any atom is 0.191 e. The van der Waals surface area contributed by atoms with Crippen molar-refractivity contribution < 1.29 is 9.47 Å². The molecule has 2 aliphatic heterocycles. The fourth-order valence-electron chi connectivity index (χ4n) is 4.40. The smallest absolute Gasteiger partial charge is 0.191 e. The highest BCUT2D eigenvalue weighted by molar-refractivity contribution is 14.0. The van der Waals surface area contributed by atoms with E-state index in [0.717, 1.165) is 56.4 Å². The van der Waals surface area contributed by atoms with E-state index in [1.165, 1.54) is 28.8 Å². The van der Waals surface area contributed by atoms with Gasteiger partial charge in [0.1, 0.15) is 5.75 Å². The van der Waals surface area contributed by atoms with Gasteiger partial charge < -0.3 is 25.0 Å². The Morgan fingerprint density at radius 1 is 1.18 bits per heavy atom. The molecule has 180 valence electrons. The Morgan fingerprint density at radius 2 is 2.03 bits per heavy atom. The first-order chi connectivity index (χ1) is 15.6. The Morgan fingerprint density at radius 3 is 2.82 bits per heavy atom. The van der Waals surface area contributed by atoms with Gasteiger partial charge in [-0.3, -0.25) is 4.99 Å². The van der Waals surface area contributed by atoms with Crippen LogP contribution in [0.1, 0.15) is 35.1 Å². The van der Waals surface area contributed by atoms with Crippen LogP contribution in [0.15, 0.2) is 41.4 Å². The van der Waals surface area contributed by atoms with Crippen LogP contribution in [0.3, 0.4) is 0 Å². The number of aryl methyl sites for hydroxylation is 2. The minimum Gasteiger partial charge on any atom is -0.493 e. The molecular weight excluding hydrogens is 527 g/mol. The summed E-state index contributed by atoms with van der Waals surface area (Å²) < 4.78 is 11.6. The van der Waals surface area contributed by atoms with Crippen LogP contribution >= 0.6 is 24.0 Å². The summed E-state index contributed by atoms with van der Waals surface area (Å²) in [6.45, 7) is 6.99. The summed E-state index contributed by atoms with van der Waals surface area (Å²) in [5.74, 6) is 2.22. The second-order valence-corrected chi connectivity index (χ2v) is 8.92. The summed E-state index contributed by atoms with van der Waals surface area (Å²) in [5.41, 5.74) is 6.41. The molecule has 4 rings (SSSR count). The lowest BCUT2D eigenvalue weighted by Gasteiger charge is -2.28. The fourth-order valence-corrected chi connectivity index (χ4v) is 4.40. The summed E-state index contributed by atoms with van der Waals surface area (Å²) in [5, 5.41) is 6.89. The Balaban J connectivity index is 0.00000306. The molecule has 2 aromatic rings. The van der Waals surface area contributed by atoms with Crippen molar-refractivity contribution in [2.24, 2.45) is 10.9 Å². The molecule has 0 amide bonds. The van der Waals surface area contributed by atoms with Crippen LogP contribution in [0.25, 0.3) is 0 Å². The lowest BCUT2D eigenvalue weighted by atomic mass is 9.99. The Hall–Kier alpha value is -2.00. The monoisotopic (exact) mass is 564 g/mol. The number of ether oxygens (including phenoxy) is 2. The quantitative estimate of drug-likeness (QED) is 0.299. The van der Waals surface area contributed by atoms with Gasteiger partial charge in [-0.25, -0.2) is 0 Å². The van der Waals surface area contributed by atoms with Crippen LogP contribution in [0, 0.1) is 12.8 Å². The van der Waals surface area contributed by atoms with E-state index in [1.807, 2.05) is 7.05 Å². The van der Waals surface area contributed by atoms with E-state index in [1.54, 1.807) is 0 Å². The second-order valence-electron chi connectivity index (χ2n) is 8.92. The van der Waals surface area contributed by atoms with E-state index in [-0.39, 0.29) is 24.0 Å². The third-order valence-corrected chi connectivity index (χ3v) is 6.35. The summed E-state index contributed by atoms with van der Waals surface area (Å²) in [7, 11) is 3.98. The van der Waals surface area contributed by atoms with Gasteiger partial charge in [0, 0.05) is 57.5 Å². The molecule has 0 aliphatic carbocycles. The third kappa shape index (κ3) is 6.99. The van der Waals surface area contributed by atoms with E-state index in [2.05, 4.69) is 70.9 Å². The highest BCUT2D eigenvalue weighted by Crippen LogP contribution is 2.27. The zero-order valence-corrected chi connectivity index (χ0v) is 22.4. The van der Waals surface area contributed by atoms with E-state index in [0.29, 0.717) is 19.1 Å². The lowest BCUT2D eigenvalue weighted by Crippen LogP contribution is -2.36. The molecule has 2 heterocycles. The molecule has 1 unspecified atom stereocenters. The van der Waals surface area contributed by atoms with Crippen molar-refractivity contribution in [3.8, 4) is 5.75 Å². The van der Waals surface area contributed by atoms with Crippen LogP contribution in [0.5, 0.6) is 5.75 Å². The number of nitrogens with one attached hydrogen (secondary N) is 2. The number of guanidine groups is 1. The van der Waals surface area contributed by atoms with Gasteiger partial charge in [-0.15, -0.1) is 24.0 Å². The molecule has 0 saturated carbocycles. The summed E-state index contributed by atoms with van der Waals surface area (Å²) in [6.07, 6.45) is 3.46. The van der Waals surface area contributed by atoms with Gasteiger partial charge in [0.25, 0.3) is 0 Å². The average Bonchev–Trinajstić information content (AvgIpc) is 3.32. The Labute approximate surface area is 215 Å². The number of fused-ring (bicyclic) bond motifs is 1. The molecule has 2 N–H and O–H groups in total. The minimum atomic E-state index is 0. The molecule has 1 saturated heterocycles. The van der Waals surface area contributed by atoms with Crippen LogP contribution < -0.4 is 20.3 Å². The molecule has 1 fully saturated rings. The summed E-state index contributed by atoms with van der Waals surface area (Å²) in [4.78, 5) is 6.75. The third-order valence-electron chi connectivity index (χ3n) is 6.35. The van der Waals surface area contributed by atoms with Crippen LogP contribution in [0.4, 0.5) is 5.69 Å². The number of halogens is 1. The summed E-state index contributed by atoms with van der Waals surface area (Å²) >= 11 is 0. The highest BCUT2D eigenvalue weighted by Gasteiger charge is 2.17. The van der Waals surface area contributed by atoms with Crippen molar-refractivity contribution in [3.63, 3.8) is 0 Å². The van der Waals surface area contributed by atoms with Crippen molar-refractivity contribution in [2.75, 3.05) is 45.4 Å². The molecule has 6 nitrogen and oxygen atoms in total. The number of hydrogen-bond donors (Lipinski definition) is 2. The SMILES string of the molecule is CN=C(NCc1ccc2c(c1)CCCN2C)NCc1ccc(C)cc1OCC1CCOC1.I. The first kappa shape index (κ1) is 25.6. The molecule has 2 aliphatic rings. The van der Waals surface area contributed by atoms with Crippen molar-refractivity contribution in [1.82, 2.24) is 10.6 Å². The average molecular weight is 565 g/mol. The van der Waals surface area contributed by atoms with Crippen molar-refractivity contribution in [2.45, 2.75) is 39.3 Å². The maximum absolute atomic E-state index is 6.17. The first-order valence-corrected chi connectivity index (χ1v) is 11.7. The molecule has 0 bridgehead atoms. The topological polar surface area (TPSA) is 58.1 Å². The molecule has 7 heteroatoms. The minimum absolute atomic E-state index is 0. The standard InChI is InChI=1S/C26H36N4O2.HI/c1-19-6-8-23(25(13-19)32-18-21-10-12-31-17-21)16-29-26(27-2)28-15-20-7-9-24-22(14-20)5-4-11-30(24)3;/h6-9,13-14,21H,4-5,10-12,15-18H2,1-3H3,(H2,27,28,29);1H. The van der Waals surface area contributed by atoms with E-state index in [4.69, 9.17) is 9.47 Å². The number of hydrogen-bond acceptors (Lipinski definition) is 4. The Kier molecular flexibility index (Phi) is 9.67. The van der Waals surface area contributed by atoms with Crippen molar-refractivity contribution >= 4 is 35.6 Å². The van der Waals surface area contributed by atoms with Gasteiger partial charge in [-0.2, -0.15) is 0 Å². The molecular formula is C26H37IN4O2. The molecule has 2 aromatic carbocycles. The van der Waals surface area contributed by atoms with Gasteiger partial charge in [0.05, 0.1) is 13.2 Å². The fraction of sp³-hybridized carbons (Fsp3) is 0.500. The molecule has 1 atom stereocenters. The first-order valence-electron chi connectivity index (χ1n) is 11.7. The maximum atomic E-state index is 6.17. The molecule has 0 spiro atoms. The zero-order chi connectivity index (χ0) is 22.3. The van der Waals surface area contributed by atoms with Crippen LogP contribution in [-0.4, -0.2) is 46.4 Å². The van der Waals surface area contributed by atoms with Gasteiger partial charge >= 0.3 is 0 Å². The van der Waals surface area contributed by atoms with Gasteiger partial charge in [-0.05, 0) is 55.0 Å². The van der Waals surface area contributed by atoms with Crippen molar-refractivity contribution in [3.05, 3.63) is 58.7 Å². The van der Waals surface area contributed by atoms with Crippen LogP contribution in [-0.2, 0) is 24.2 Å². The predicted molar refractivity (Wildman–Crippen MR) is 146 cm³/mol. The summed E-state index contributed by atoms with van der Waals surface area (Å²) in [6, 6.07) is 13.2.